The van der Waals surface area contributed by atoms with Crippen LogP contribution in [0.5, 0.6) is 0 Å². The molecule has 4 aliphatic carbocycles. The predicted molar refractivity (Wildman–Crippen MR) is 111 cm³/mol. The van der Waals surface area contributed by atoms with Crippen molar-refractivity contribution in [2.24, 2.45) is 28.6 Å². The lowest BCUT2D eigenvalue weighted by atomic mass is 9.48. The van der Waals surface area contributed by atoms with Gasteiger partial charge in [0.25, 0.3) is 0 Å². The van der Waals surface area contributed by atoms with Crippen LogP contribution in [0.2, 0.25) is 0 Å². The van der Waals surface area contributed by atoms with Crippen molar-refractivity contribution in [2.75, 3.05) is 0 Å². The first-order valence-corrected chi connectivity index (χ1v) is 11.3. The molecule has 0 bridgehead atoms. The van der Waals surface area contributed by atoms with E-state index in [1.165, 1.54) is 6.92 Å². The Morgan fingerprint density at radius 3 is 2.70 bits per heavy atom. The van der Waals surface area contributed by atoms with Crippen molar-refractivity contribution in [2.45, 2.75) is 77.6 Å². The summed E-state index contributed by atoms with van der Waals surface area (Å²) in [7, 11) is 0. The first kappa shape index (κ1) is 20.2. The highest BCUT2D eigenvalue weighted by Crippen LogP contribution is 2.75. The molecule has 3 unspecified atom stereocenters. The summed E-state index contributed by atoms with van der Waals surface area (Å²) in [5.74, 6) is 0.646. The monoisotopic (exact) mass is 412 g/mol. The van der Waals surface area contributed by atoms with Gasteiger partial charge >= 0.3 is 5.97 Å². The molecule has 1 N–H and O–H groups in total. The smallest absolute Gasteiger partial charge is 0.308 e. The largest absolute Gasteiger partial charge is 0.427 e. The van der Waals surface area contributed by atoms with Crippen LogP contribution >= 0.6 is 0 Å². The molecule has 0 amide bonds. The van der Waals surface area contributed by atoms with Crippen molar-refractivity contribution in [1.29, 1.82) is 0 Å². The van der Waals surface area contributed by atoms with Gasteiger partial charge in [0.2, 0.25) is 0 Å². The Balaban J connectivity index is 1.56. The van der Waals surface area contributed by atoms with Crippen molar-refractivity contribution in [3.05, 3.63) is 35.6 Å². The number of epoxide rings is 1. The number of carbonyl (C=O) groups is 2. The number of fused-ring (bicyclic) bond motifs is 3. The van der Waals surface area contributed by atoms with E-state index in [0.29, 0.717) is 18.6 Å². The first-order chi connectivity index (χ1) is 14.0. The topological polar surface area (TPSA) is 76.1 Å². The highest BCUT2D eigenvalue weighted by atomic mass is 16.6. The van der Waals surface area contributed by atoms with E-state index in [1.807, 2.05) is 26.0 Å². The fraction of sp³-hybridized carbons (Fsp3) is 0.680. The average Bonchev–Trinajstić information content (AvgIpc) is 3.37. The van der Waals surface area contributed by atoms with Gasteiger partial charge in [-0.15, -0.1) is 0 Å². The van der Waals surface area contributed by atoms with E-state index < -0.39 is 11.0 Å². The molecule has 1 heterocycles. The molecule has 0 radical (unpaired) electrons. The summed E-state index contributed by atoms with van der Waals surface area (Å²) in [5.41, 5.74) is -1.22. The van der Waals surface area contributed by atoms with E-state index in [1.54, 1.807) is 0 Å². The molecular weight excluding hydrogens is 380 g/mol. The summed E-state index contributed by atoms with van der Waals surface area (Å²) < 4.78 is 11.9. The summed E-state index contributed by atoms with van der Waals surface area (Å²) >= 11 is 0. The standard InChI is InChI=1S/C25H32O5/c1-6-20(27)24(28)14(2)11-19-18-8-7-16-12-17(29-15(3)26)9-10-22(16,4)25(18)21(30-25)13-23(19,24)5/h7,9-10,12,14,18-19,21,28H,6,8,11,13H2,1-5H3/t14?,18?,19?,21-,22-,23-,24-,25+/m0/s1. The average molecular weight is 413 g/mol. The molecule has 0 aromatic carbocycles. The minimum Gasteiger partial charge on any atom is -0.427 e. The van der Waals surface area contributed by atoms with Crippen LogP contribution in [-0.4, -0.2) is 34.2 Å². The van der Waals surface area contributed by atoms with Gasteiger partial charge in [-0.05, 0) is 61.7 Å². The summed E-state index contributed by atoms with van der Waals surface area (Å²) in [6, 6.07) is 0. The number of allylic oxidation sites excluding steroid dienone is 3. The maximum Gasteiger partial charge on any atom is 0.308 e. The van der Waals surface area contributed by atoms with Crippen molar-refractivity contribution in [3.63, 3.8) is 0 Å². The Morgan fingerprint density at radius 2 is 2.03 bits per heavy atom. The fourth-order valence-electron chi connectivity index (χ4n) is 7.83. The zero-order chi connectivity index (χ0) is 21.7. The number of hydrogen-bond donors (Lipinski definition) is 1. The van der Waals surface area contributed by atoms with Gasteiger partial charge in [0.15, 0.2) is 5.78 Å². The number of Topliss-reactive ketones (excluding diaryl/α,β-unsaturated/α-hetero) is 1. The summed E-state index contributed by atoms with van der Waals surface area (Å²) in [4.78, 5) is 24.3. The number of aliphatic hydroxyl groups is 1. The molecular formula is C25H32O5. The molecule has 5 aliphatic rings. The lowest BCUT2D eigenvalue weighted by Crippen LogP contribution is -2.61. The fourth-order valence-corrected chi connectivity index (χ4v) is 7.83. The van der Waals surface area contributed by atoms with E-state index in [-0.39, 0.29) is 46.6 Å². The first-order valence-electron chi connectivity index (χ1n) is 11.3. The van der Waals surface area contributed by atoms with Crippen LogP contribution in [0.3, 0.4) is 0 Å². The van der Waals surface area contributed by atoms with Gasteiger partial charge < -0.3 is 14.6 Å². The second-order valence-corrected chi connectivity index (χ2v) is 10.5. The molecule has 5 heteroatoms. The molecule has 1 aliphatic heterocycles. The van der Waals surface area contributed by atoms with E-state index in [4.69, 9.17) is 9.47 Å². The normalized spacial score (nSPS) is 50.3. The number of ketones is 1. The molecule has 0 aromatic heterocycles. The third kappa shape index (κ3) is 2.11. The van der Waals surface area contributed by atoms with Crippen LogP contribution in [-0.2, 0) is 19.1 Å². The minimum absolute atomic E-state index is 0.0206. The van der Waals surface area contributed by atoms with Crippen molar-refractivity contribution >= 4 is 11.8 Å². The van der Waals surface area contributed by atoms with Crippen LogP contribution in [0.1, 0.15) is 60.3 Å². The molecule has 1 saturated heterocycles. The second-order valence-electron chi connectivity index (χ2n) is 10.5. The van der Waals surface area contributed by atoms with Crippen molar-refractivity contribution < 1.29 is 24.2 Å². The second kappa shape index (κ2) is 5.95. The van der Waals surface area contributed by atoms with Crippen LogP contribution in [0, 0.1) is 28.6 Å². The highest BCUT2D eigenvalue weighted by molar-refractivity contribution is 5.89. The van der Waals surface area contributed by atoms with Gasteiger partial charge in [-0.1, -0.05) is 32.9 Å². The molecule has 5 rings (SSSR count). The Bertz CT molecular complexity index is 930. The van der Waals surface area contributed by atoms with Gasteiger partial charge in [0.1, 0.15) is 17.0 Å². The maximum absolute atomic E-state index is 12.9. The van der Waals surface area contributed by atoms with E-state index in [9.17, 15) is 14.7 Å². The highest BCUT2D eigenvalue weighted by Gasteiger charge is 2.81. The summed E-state index contributed by atoms with van der Waals surface area (Å²) in [6.07, 6.45) is 11.0. The maximum atomic E-state index is 12.9. The third-order valence-corrected chi connectivity index (χ3v) is 9.30. The molecule has 1 spiro atoms. The molecule has 30 heavy (non-hydrogen) atoms. The Labute approximate surface area is 178 Å². The van der Waals surface area contributed by atoms with Gasteiger partial charge in [-0.2, -0.15) is 0 Å². The zero-order valence-electron chi connectivity index (χ0n) is 18.5. The van der Waals surface area contributed by atoms with Crippen LogP contribution in [0.15, 0.2) is 35.6 Å². The number of carbonyl (C=O) groups excluding carboxylic acids is 2. The molecule has 3 fully saturated rings. The summed E-state index contributed by atoms with van der Waals surface area (Å²) in [6.45, 7) is 9.64. The lowest BCUT2D eigenvalue weighted by molar-refractivity contribution is -0.162. The zero-order valence-corrected chi connectivity index (χ0v) is 18.5. The molecule has 5 nitrogen and oxygen atoms in total. The third-order valence-electron chi connectivity index (χ3n) is 9.30. The van der Waals surface area contributed by atoms with Gasteiger partial charge in [0, 0.05) is 24.2 Å². The van der Waals surface area contributed by atoms with Crippen LogP contribution < -0.4 is 0 Å². The quantitative estimate of drug-likeness (QED) is 0.563. The number of rotatable bonds is 3. The Morgan fingerprint density at radius 1 is 1.30 bits per heavy atom. The predicted octanol–water partition coefficient (Wildman–Crippen LogP) is 3.87. The minimum atomic E-state index is -1.28. The number of hydrogen-bond acceptors (Lipinski definition) is 5. The van der Waals surface area contributed by atoms with Crippen molar-refractivity contribution in [1.82, 2.24) is 0 Å². The van der Waals surface area contributed by atoms with Crippen molar-refractivity contribution in [3.8, 4) is 0 Å². The van der Waals surface area contributed by atoms with Gasteiger partial charge in [-0.3, -0.25) is 9.59 Å². The number of esters is 1. The Kier molecular flexibility index (Phi) is 4.00. The van der Waals surface area contributed by atoms with Gasteiger partial charge in [0.05, 0.1) is 6.10 Å². The summed E-state index contributed by atoms with van der Waals surface area (Å²) in [5, 5.41) is 11.7. The van der Waals surface area contributed by atoms with Crippen LogP contribution in [0.4, 0.5) is 0 Å². The molecule has 2 saturated carbocycles. The molecule has 162 valence electrons. The van der Waals surface area contributed by atoms with E-state index >= 15 is 0 Å². The van der Waals surface area contributed by atoms with Crippen LogP contribution in [0.25, 0.3) is 0 Å². The van der Waals surface area contributed by atoms with E-state index in [0.717, 1.165) is 18.4 Å². The lowest BCUT2D eigenvalue weighted by Gasteiger charge is -2.54. The number of ether oxygens (including phenoxy) is 2. The molecule has 8 atom stereocenters. The van der Waals surface area contributed by atoms with Gasteiger partial charge in [-0.25, -0.2) is 0 Å². The SMILES string of the molecule is CCC(=O)[C@@]1(O)C(C)CC2C3CC=C4C=C(OC(C)=O)C=C[C@]4(C)[C@@]34O[C@H]4C[C@@]21C. The van der Waals surface area contributed by atoms with E-state index in [2.05, 4.69) is 26.0 Å². The Hall–Kier alpha value is -1.72. The molecule has 0 aromatic rings.